The Hall–Kier alpha value is -3.40. The van der Waals surface area contributed by atoms with Crippen LogP contribution in [0, 0.1) is 0 Å². The molecule has 0 atom stereocenters. The predicted molar refractivity (Wildman–Crippen MR) is 159 cm³/mol. The minimum Gasteiger partial charge on any atom is -0.337 e. The number of para-hydroxylation sites is 1. The maximum atomic E-state index is 4.93. The van der Waals surface area contributed by atoms with E-state index in [0.29, 0.717) is 5.84 Å². The molecule has 36 heavy (non-hydrogen) atoms. The molecular formula is C32H42N4. The van der Waals surface area contributed by atoms with E-state index in [2.05, 4.69) is 113 Å². The zero-order valence-corrected chi connectivity index (χ0v) is 23.4. The van der Waals surface area contributed by atoms with E-state index >= 15 is 0 Å². The topological polar surface area (TPSA) is 48.8 Å². The first kappa shape index (κ1) is 27.2. The van der Waals surface area contributed by atoms with Gasteiger partial charge in [0.1, 0.15) is 0 Å². The highest BCUT2D eigenvalue weighted by Gasteiger charge is 2.23. The van der Waals surface area contributed by atoms with Crippen molar-refractivity contribution in [1.29, 1.82) is 0 Å². The highest BCUT2D eigenvalue weighted by molar-refractivity contribution is 6.48. The predicted octanol–water partition coefficient (Wildman–Crippen LogP) is 8.31. The summed E-state index contributed by atoms with van der Waals surface area (Å²) in [6, 6.07) is 25.6. The van der Waals surface area contributed by atoms with Crippen LogP contribution >= 0.6 is 0 Å². The van der Waals surface area contributed by atoms with Crippen LogP contribution < -0.4 is 10.6 Å². The molecule has 0 aliphatic heterocycles. The Morgan fingerprint density at radius 3 is 1.89 bits per heavy atom. The first-order valence-electron chi connectivity index (χ1n) is 12.8. The van der Waals surface area contributed by atoms with E-state index in [0.717, 1.165) is 17.2 Å². The molecule has 0 radical (unpaired) electrons. The van der Waals surface area contributed by atoms with Crippen molar-refractivity contribution < 1.29 is 0 Å². The number of hydrogen-bond acceptors (Lipinski definition) is 2. The van der Waals surface area contributed by atoms with Crippen LogP contribution in [0.5, 0.6) is 0 Å². The molecule has 190 valence electrons. The highest BCUT2D eigenvalue weighted by atomic mass is 15.1. The van der Waals surface area contributed by atoms with E-state index in [4.69, 9.17) is 4.99 Å². The zero-order chi connectivity index (χ0) is 26.5. The van der Waals surface area contributed by atoms with Gasteiger partial charge in [0.15, 0.2) is 11.7 Å². The Bertz CT molecular complexity index is 1220. The van der Waals surface area contributed by atoms with Crippen molar-refractivity contribution in [3.05, 3.63) is 83.9 Å². The molecule has 4 nitrogen and oxygen atoms in total. The summed E-state index contributed by atoms with van der Waals surface area (Å²) in [5, 5.41) is 7.13. The van der Waals surface area contributed by atoms with Gasteiger partial charge in [0.2, 0.25) is 0 Å². The number of aliphatic imine (C=N–C) groups is 2. The normalized spacial score (nSPS) is 13.2. The molecule has 0 bridgehead atoms. The Balaban J connectivity index is 2.12. The van der Waals surface area contributed by atoms with Crippen molar-refractivity contribution >= 4 is 23.0 Å². The first-order chi connectivity index (χ1) is 16.9. The summed E-state index contributed by atoms with van der Waals surface area (Å²) in [6.45, 7) is 17.7. The van der Waals surface area contributed by atoms with Gasteiger partial charge in [-0.2, -0.15) is 0 Å². The van der Waals surface area contributed by atoms with E-state index in [1.165, 1.54) is 22.3 Å². The average Bonchev–Trinajstić information content (AvgIpc) is 2.81. The number of benzene rings is 3. The summed E-state index contributed by atoms with van der Waals surface area (Å²) in [7, 11) is 1.80. The van der Waals surface area contributed by atoms with Crippen molar-refractivity contribution in [3.8, 4) is 11.1 Å². The molecule has 0 aromatic heterocycles. The lowest BCUT2D eigenvalue weighted by Crippen LogP contribution is -2.32. The quantitative estimate of drug-likeness (QED) is 0.290. The SMILES string of the molecule is C/N=C(Nc1ccccc1)\C(=N/C(C)C)Nc1cc(-c2ccccc2C(C)(C)C)ccc1C(C)(C)C. The van der Waals surface area contributed by atoms with Crippen LogP contribution in [0.2, 0.25) is 0 Å². The maximum Gasteiger partial charge on any atom is 0.169 e. The summed E-state index contributed by atoms with van der Waals surface area (Å²) >= 11 is 0. The Labute approximate surface area is 218 Å². The molecule has 0 aliphatic rings. The lowest BCUT2D eigenvalue weighted by molar-refractivity contribution is 0.590. The number of hydrogen-bond donors (Lipinski definition) is 2. The van der Waals surface area contributed by atoms with Crippen molar-refractivity contribution in [2.24, 2.45) is 9.98 Å². The summed E-state index contributed by atoms with van der Waals surface area (Å²) in [5.74, 6) is 1.43. The lowest BCUT2D eigenvalue weighted by Gasteiger charge is -2.27. The van der Waals surface area contributed by atoms with Crippen molar-refractivity contribution in [2.45, 2.75) is 72.3 Å². The summed E-state index contributed by atoms with van der Waals surface area (Å²) < 4.78 is 0. The van der Waals surface area contributed by atoms with Crippen LogP contribution in [0.4, 0.5) is 11.4 Å². The first-order valence-corrected chi connectivity index (χ1v) is 12.8. The molecule has 0 saturated carbocycles. The van der Waals surface area contributed by atoms with E-state index < -0.39 is 0 Å². The van der Waals surface area contributed by atoms with E-state index in [9.17, 15) is 0 Å². The lowest BCUT2D eigenvalue weighted by atomic mass is 9.80. The van der Waals surface area contributed by atoms with Crippen LogP contribution in [-0.4, -0.2) is 24.8 Å². The third-order valence-corrected chi connectivity index (χ3v) is 6.00. The molecule has 0 aliphatic carbocycles. The molecule has 0 amide bonds. The number of rotatable bonds is 4. The molecule has 3 aromatic rings. The molecule has 4 heteroatoms. The Morgan fingerprint density at radius 1 is 0.694 bits per heavy atom. The van der Waals surface area contributed by atoms with Gasteiger partial charge in [0.25, 0.3) is 0 Å². The second kappa shape index (κ2) is 11.1. The van der Waals surface area contributed by atoms with Crippen LogP contribution in [0.1, 0.15) is 66.5 Å². The Kier molecular flexibility index (Phi) is 8.39. The number of nitrogens with zero attached hydrogens (tertiary/aromatic N) is 2. The fraction of sp³-hybridized carbons (Fsp3) is 0.375. The van der Waals surface area contributed by atoms with Gasteiger partial charge in [-0.25, -0.2) is 0 Å². The zero-order valence-electron chi connectivity index (χ0n) is 23.4. The summed E-state index contributed by atoms with van der Waals surface area (Å²) in [4.78, 5) is 9.50. The third-order valence-electron chi connectivity index (χ3n) is 6.00. The molecule has 0 unspecified atom stereocenters. The fourth-order valence-corrected chi connectivity index (χ4v) is 4.28. The van der Waals surface area contributed by atoms with Gasteiger partial charge in [-0.1, -0.05) is 96.1 Å². The van der Waals surface area contributed by atoms with Crippen LogP contribution in [0.25, 0.3) is 11.1 Å². The van der Waals surface area contributed by atoms with Gasteiger partial charge in [0.05, 0.1) is 0 Å². The fourth-order valence-electron chi connectivity index (χ4n) is 4.28. The largest absolute Gasteiger partial charge is 0.337 e. The monoisotopic (exact) mass is 482 g/mol. The molecule has 0 saturated heterocycles. The summed E-state index contributed by atoms with van der Waals surface area (Å²) in [6.07, 6.45) is 0. The summed E-state index contributed by atoms with van der Waals surface area (Å²) in [5.41, 5.74) is 7.00. The minimum absolute atomic E-state index is 0.0405. The van der Waals surface area contributed by atoms with Gasteiger partial charge in [-0.15, -0.1) is 0 Å². The van der Waals surface area contributed by atoms with E-state index in [1.54, 1.807) is 7.05 Å². The molecule has 0 fully saturated rings. The molecular weight excluding hydrogens is 440 g/mol. The van der Waals surface area contributed by atoms with Crippen molar-refractivity contribution in [2.75, 3.05) is 17.7 Å². The molecule has 0 heterocycles. The van der Waals surface area contributed by atoms with E-state index in [-0.39, 0.29) is 16.9 Å². The minimum atomic E-state index is -0.0519. The van der Waals surface area contributed by atoms with Gasteiger partial charge >= 0.3 is 0 Å². The van der Waals surface area contributed by atoms with Crippen molar-refractivity contribution in [3.63, 3.8) is 0 Å². The van der Waals surface area contributed by atoms with Crippen molar-refractivity contribution in [1.82, 2.24) is 0 Å². The second-order valence-corrected chi connectivity index (χ2v) is 11.6. The van der Waals surface area contributed by atoms with Gasteiger partial charge in [-0.3, -0.25) is 9.98 Å². The molecule has 3 aromatic carbocycles. The van der Waals surface area contributed by atoms with Gasteiger partial charge in [0, 0.05) is 24.5 Å². The number of nitrogens with one attached hydrogen (secondary N) is 2. The van der Waals surface area contributed by atoms with Crippen LogP contribution in [0.15, 0.2) is 82.8 Å². The number of amidine groups is 2. The molecule has 2 N–H and O–H groups in total. The smallest absolute Gasteiger partial charge is 0.169 e. The second-order valence-electron chi connectivity index (χ2n) is 11.6. The Morgan fingerprint density at radius 2 is 1.31 bits per heavy atom. The van der Waals surface area contributed by atoms with Crippen LogP contribution in [-0.2, 0) is 10.8 Å². The van der Waals surface area contributed by atoms with Gasteiger partial charge < -0.3 is 10.6 Å². The van der Waals surface area contributed by atoms with E-state index in [1.807, 2.05) is 30.3 Å². The van der Waals surface area contributed by atoms with Gasteiger partial charge in [-0.05, 0) is 65.1 Å². The molecule has 3 rings (SSSR count). The highest BCUT2D eigenvalue weighted by Crippen LogP contribution is 2.37. The maximum absolute atomic E-state index is 4.93. The van der Waals surface area contributed by atoms with Crippen LogP contribution in [0.3, 0.4) is 0 Å². The average molecular weight is 483 g/mol. The third kappa shape index (κ3) is 6.84. The molecule has 0 spiro atoms. The standard InChI is InChI=1S/C32H42N4/c1-22(2)34-30(29(33-9)35-24-15-11-10-12-16-24)36-28-21-23(19-20-27(28)32(6,7)8)25-17-13-14-18-26(25)31(3,4)5/h10-22H,1-9H3,(H,33,35)(H,34,36). The number of anilines is 2.